The summed E-state index contributed by atoms with van der Waals surface area (Å²) in [6.45, 7) is 4.91. The summed E-state index contributed by atoms with van der Waals surface area (Å²) in [6.07, 6.45) is 0. The number of hydrogen-bond donors (Lipinski definition) is 1. The Bertz CT molecular complexity index is 454. The Hall–Kier alpha value is -1.77. The molecule has 0 aliphatic heterocycles. The molecule has 2 rings (SSSR count). The first-order valence-corrected chi connectivity index (χ1v) is 5.11. The quantitative estimate of drug-likeness (QED) is 0.811. The van der Waals surface area contributed by atoms with Crippen LogP contribution < -0.4 is 5.73 Å². The topological polar surface area (TPSA) is 43.8 Å². The van der Waals surface area contributed by atoms with E-state index >= 15 is 0 Å². The Morgan fingerprint density at radius 2 is 1.93 bits per heavy atom. The van der Waals surface area contributed by atoms with Crippen molar-refractivity contribution in [2.75, 3.05) is 5.73 Å². The number of benzene rings is 1. The van der Waals surface area contributed by atoms with Gasteiger partial charge in [-0.25, -0.2) is 4.68 Å². The molecule has 0 radical (unpaired) electrons. The molecule has 3 heteroatoms. The molecule has 0 saturated carbocycles. The van der Waals surface area contributed by atoms with Gasteiger partial charge < -0.3 is 5.73 Å². The molecule has 0 fully saturated rings. The highest BCUT2D eigenvalue weighted by Gasteiger charge is 2.05. The Labute approximate surface area is 89.5 Å². The summed E-state index contributed by atoms with van der Waals surface area (Å²) in [7, 11) is 0. The fourth-order valence-corrected chi connectivity index (χ4v) is 1.55. The zero-order chi connectivity index (χ0) is 10.8. The second-order valence-corrected chi connectivity index (χ2v) is 3.64. The fourth-order valence-electron chi connectivity index (χ4n) is 1.55. The maximum Gasteiger partial charge on any atom is 0.122 e. The summed E-state index contributed by atoms with van der Waals surface area (Å²) < 4.78 is 1.80. The summed E-state index contributed by atoms with van der Waals surface area (Å²) in [5, 5.41) is 4.42. The lowest BCUT2D eigenvalue weighted by molar-refractivity contribution is 0.672. The monoisotopic (exact) mass is 201 g/mol. The molecule has 0 amide bonds. The van der Waals surface area contributed by atoms with Crippen LogP contribution in [-0.4, -0.2) is 9.78 Å². The van der Waals surface area contributed by atoms with Crippen LogP contribution in [0.1, 0.15) is 12.5 Å². The summed E-state index contributed by atoms with van der Waals surface area (Å²) >= 11 is 0. The van der Waals surface area contributed by atoms with Crippen LogP contribution in [0.3, 0.4) is 0 Å². The molecular formula is C12H15N3. The van der Waals surface area contributed by atoms with Crippen molar-refractivity contribution in [2.24, 2.45) is 0 Å². The first-order chi connectivity index (χ1) is 7.20. The number of aromatic nitrogens is 2. The molecule has 0 aliphatic carbocycles. The Balaban J connectivity index is 2.41. The van der Waals surface area contributed by atoms with E-state index in [0.717, 1.165) is 17.8 Å². The van der Waals surface area contributed by atoms with Crippen molar-refractivity contribution in [1.82, 2.24) is 9.78 Å². The summed E-state index contributed by atoms with van der Waals surface area (Å²) in [5.41, 5.74) is 9.12. The lowest BCUT2D eigenvalue weighted by Crippen LogP contribution is -2.01. The third-order valence-corrected chi connectivity index (χ3v) is 2.46. The third-order valence-electron chi connectivity index (χ3n) is 2.46. The molecule has 78 valence electrons. The van der Waals surface area contributed by atoms with E-state index < -0.39 is 0 Å². The molecule has 0 bridgehead atoms. The van der Waals surface area contributed by atoms with E-state index in [-0.39, 0.29) is 0 Å². The maximum absolute atomic E-state index is 5.82. The highest BCUT2D eigenvalue weighted by Crippen LogP contribution is 2.20. The molecule has 1 aromatic heterocycles. The number of nitrogens with two attached hydrogens (primary N) is 1. The molecule has 0 spiro atoms. The number of aryl methyl sites for hydroxylation is 2. The molecule has 15 heavy (non-hydrogen) atoms. The van der Waals surface area contributed by atoms with Crippen LogP contribution in [0.25, 0.3) is 11.3 Å². The lowest BCUT2D eigenvalue weighted by Gasteiger charge is -1.98. The first kappa shape index (κ1) is 9.77. The molecule has 0 aliphatic rings. The summed E-state index contributed by atoms with van der Waals surface area (Å²) in [4.78, 5) is 0. The number of anilines is 1. The molecule has 2 N–H and O–H groups in total. The SMILES string of the molecule is CCn1nc(-c2ccc(C)cc2)cc1N. The van der Waals surface area contributed by atoms with E-state index in [2.05, 4.69) is 36.3 Å². The van der Waals surface area contributed by atoms with Crippen LogP contribution in [0.5, 0.6) is 0 Å². The van der Waals surface area contributed by atoms with Gasteiger partial charge in [-0.15, -0.1) is 0 Å². The van der Waals surface area contributed by atoms with Gasteiger partial charge in [0.15, 0.2) is 0 Å². The van der Waals surface area contributed by atoms with Gasteiger partial charge in [-0.2, -0.15) is 5.10 Å². The zero-order valence-electron chi connectivity index (χ0n) is 9.07. The minimum atomic E-state index is 0.716. The normalized spacial score (nSPS) is 10.5. The van der Waals surface area contributed by atoms with Gasteiger partial charge in [-0.05, 0) is 13.8 Å². The van der Waals surface area contributed by atoms with Gasteiger partial charge in [0.1, 0.15) is 5.82 Å². The van der Waals surface area contributed by atoms with Gasteiger partial charge in [0.25, 0.3) is 0 Å². The molecule has 2 aromatic rings. The first-order valence-electron chi connectivity index (χ1n) is 5.11. The average Bonchev–Trinajstić information content (AvgIpc) is 2.61. The zero-order valence-corrected chi connectivity index (χ0v) is 9.07. The van der Waals surface area contributed by atoms with Crippen molar-refractivity contribution in [1.29, 1.82) is 0 Å². The van der Waals surface area contributed by atoms with Crippen LogP contribution in [0.15, 0.2) is 30.3 Å². The number of hydrogen-bond acceptors (Lipinski definition) is 2. The van der Waals surface area contributed by atoms with E-state index in [1.807, 2.05) is 13.0 Å². The van der Waals surface area contributed by atoms with E-state index in [0.29, 0.717) is 5.82 Å². The molecule has 0 unspecified atom stereocenters. The Morgan fingerprint density at radius 1 is 1.27 bits per heavy atom. The predicted molar refractivity (Wildman–Crippen MR) is 62.5 cm³/mol. The van der Waals surface area contributed by atoms with Crippen LogP contribution in [0.4, 0.5) is 5.82 Å². The van der Waals surface area contributed by atoms with Crippen molar-refractivity contribution in [3.63, 3.8) is 0 Å². The van der Waals surface area contributed by atoms with Crippen LogP contribution >= 0.6 is 0 Å². The highest BCUT2D eigenvalue weighted by molar-refractivity contribution is 5.62. The van der Waals surface area contributed by atoms with E-state index in [9.17, 15) is 0 Å². The van der Waals surface area contributed by atoms with Crippen molar-refractivity contribution >= 4 is 5.82 Å². The number of nitrogens with zero attached hydrogens (tertiary/aromatic N) is 2. The lowest BCUT2D eigenvalue weighted by atomic mass is 10.1. The Kier molecular flexibility index (Phi) is 2.46. The largest absolute Gasteiger partial charge is 0.384 e. The van der Waals surface area contributed by atoms with Crippen LogP contribution in [0, 0.1) is 6.92 Å². The van der Waals surface area contributed by atoms with Crippen LogP contribution in [-0.2, 0) is 6.54 Å². The van der Waals surface area contributed by atoms with Gasteiger partial charge in [-0.3, -0.25) is 0 Å². The van der Waals surface area contributed by atoms with Crippen molar-refractivity contribution in [3.8, 4) is 11.3 Å². The van der Waals surface area contributed by atoms with Gasteiger partial charge in [-0.1, -0.05) is 29.8 Å². The number of nitrogen functional groups attached to an aromatic ring is 1. The van der Waals surface area contributed by atoms with Crippen LogP contribution in [0.2, 0.25) is 0 Å². The molecule has 3 nitrogen and oxygen atoms in total. The van der Waals surface area contributed by atoms with Gasteiger partial charge >= 0.3 is 0 Å². The van der Waals surface area contributed by atoms with Crippen molar-refractivity contribution in [2.45, 2.75) is 20.4 Å². The maximum atomic E-state index is 5.82. The van der Waals surface area contributed by atoms with Crippen molar-refractivity contribution < 1.29 is 0 Å². The van der Waals surface area contributed by atoms with Gasteiger partial charge in [0.2, 0.25) is 0 Å². The van der Waals surface area contributed by atoms with E-state index in [4.69, 9.17) is 5.73 Å². The second kappa shape index (κ2) is 3.77. The predicted octanol–water partition coefficient (Wildman–Crippen LogP) is 2.46. The molecule has 0 atom stereocenters. The highest BCUT2D eigenvalue weighted by atomic mass is 15.3. The fraction of sp³-hybridized carbons (Fsp3) is 0.250. The Morgan fingerprint density at radius 3 is 2.47 bits per heavy atom. The molecular weight excluding hydrogens is 186 g/mol. The summed E-state index contributed by atoms with van der Waals surface area (Å²) in [5.74, 6) is 0.716. The average molecular weight is 201 g/mol. The summed E-state index contributed by atoms with van der Waals surface area (Å²) in [6, 6.07) is 10.2. The molecule has 1 heterocycles. The smallest absolute Gasteiger partial charge is 0.122 e. The minimum Gasteiger partial charge on any atom is -0.384 e. The van der Waals surface area contributed by atoms with Crippen molar-refractivity contribution in [3.05, 3.63) is 35.9 Å². The minimum absolute atomic E-state index is 0.716. The number of rotatable bonds is 2. The van der Waals surface area contributed by atoms with Gasteiger partial charge in [0.05, 0.1) is 5.69 Å². The van der Waals surface area contributed by atoms with Gasteiger partial charge in [0, 0.05) is 18.2 Å². The van der Waals surface area contributed by atoms with E-state index in [1.54, 1.807) is 4.68 Å². The third kappa shape index (κ3) is 1.86. The second-order valence-electron chi connectivity index (χ2n) is 3.64. The molecule has 1 aromatic carbocycles. The van der Waals surface area contributed by atoms with E-state index in [1.165, 1.54) is 5.56 Å². The molecule has 0 saturated heterocycles. The standard InChI is InChI=1S/C12H15N3/c1-3-15-12(13)8-11(14-15)10-6-4-9(2)5-7-10/h4-8H,3,13H2,1-2H3.